The summed E-state index contributed by atoms with van der Waals surface area (Å²) in [6.45, 7) is 10.2. The molecule has 6 nitrogen and oxygen atoms in total. The first-order valence-corrected chi connectivity index (χ1v) is 10.3. The van der Waals surface area contributed by atoms with E-state index in [4.69, 9.17) is 0 Å². The number of guanidine groups is 1. The van der Waals surface area contributed by atoms with Gasteiger partial charge in [0.1, 0.15) is 11.6 Å². The molecular weight excluding hydrogens is 346 g/mol. The number of carbonyl (C=O) groups is 1. The van der Waals surface area contributed by atoms with Crippen LogP contribution in [0, 0.1) is 19.8 Å². The van der Waals surface area contributed by atoms with Crippen molar-refractivity contribution in [2.45, 2.75) is 59.9 Å². The molecule has 0 saturated carbocycles. The van der Waals surface area contributed by atoms with E-state index in [1.807, 2.05) is 6.92 Å². The van der Waals surface area contributed by atoms with E-state index in [1.165, 1.54) is 24.1 Å². The maximum atomic E-state index is 11.9. The number of hydrogen-bond donors (Lipinski definition) is 2. The number of hydrogen-bond acceptors (Lipinski definition) is 4. The molecule has 0 saturated heterocycles. The summed E-state index contributed by atoms with van der Waals surface area (Å²) in [4.78, 5) is 23.7. The van der Waals surface area contributed by atoms with E-state index < -0.39 is 0 Å². The van der Waals surface area contributed by atoms with Crippen molar-refractivity contribution in [3.8, 4) is 0 Å². The van der Waals surface area contributed by atoms with Crippen molar-refractivity contribution in [2.24, 2.45) is 10.9 Å². The van der Waals surface area contributed by atoms with Gasteiger partial charge in [0.15, 0.2) is 5.96 Å². The van der Waals surface area contributed by atoms with Gasteiger partial charge in [-0.15, -0.1) is 11.3 Å². The van der Waals surface area contributed by atoms with Gasteiger partial charge in [0.05, 0.1) is 12.2 Å². The summed E-state index contributed by atoms with van der Waals surface area (Å²) in [5.74, 6) is 1.29. The molecule has 0 fully saturated rings. The molecule has 1 amide bonds. The van der Waals surface area contributed by atoms with Gasteiger partial charge in [0.2, 0.25) is 5.91 Å². The monoisotopic (exact) mass is 381 g/mol. The second-order valence-electron chi connectivity index (χ2n) is 6.85. The van der Waals surface area contributed by atoms with E-state index in [9.17, 15) is 4.79 Å². The maximum Gasteiger partial charge on any atom is 0.243 e. The van der Waals surface area contributed by atoms with Crippen LogP contribution in [0.25, 0.3) is 0 Å². The number of nitrogens with one attached hydrogen (secondary N) is 2. The van der Waals surface area contributed by atoms with Crippen molar-refractivity contribution < 1.29 is 4.79 Å². The Labute approximate surface area is 162 Å². The van der Waals surface area contributed by atoms with Gasteiger partial charge in [0, 0.05) is 25.5 Å². The first kappa shape index (κ1) is 22.4. The zero-order chi connectivity index (χ0) is 19.5. The summed E-state index contributed by atoms with van der Waals surface area (Å²) in [7, 11) is 3.49. The van der Waals surface area contributed by atoms with Crippen molar-refractivity contribution in [3.05, 3.63) is 15.6 Å². The van der Waals surface area contributed by atoms with E-state index in [0.29, 0.717) is 18.4 Å². The average molecular weight is 382 g/mol. The summed E-state index contributed by atoms with van der Waals surface area (Å²) in [6, 6.07) is 0. The Balaban J connectivity index is 2.67. The van der Waals surface area contributed by atoms with E-state index in [0.717, 1.165) is 23.7 Å². The summed E-state index contributed by atoms with van der Waals surface area (Å²) >= 11 is 1.69. The molecule has 0 aliphatic rings. The first-order valence-electron chi connectivity index (χ1n) is 9.52. The molecule has 0 aromatic carbocycles. The third kappa shape index (κ3) is 8.17. The zero-order valence-electron chi connectivity index (χ0n) is 17.2. The molecule has 1 heterocycles. The summed E-state index contributed by atoms with van der Waals surface area (Å²) in [6.07, 6.45) is 4.82. The largest absolute Gasteiger partial charge is 0.356 e. The minimum atomic E-state index is -0.00920. The number of thiazole rings is 1. The van der Waals surface area contributed by atoms with Crippen LogP contribution in [0.4, 0.5) is 0 Å². The number of carbonyl (C=O) groups excluding carboxylic acids is 1. The van der Waals surface area contributed by atoms with Crippen LogP contribution < -0.4 is 10.6 Å². The number of aromatic nitrogens is 1. The average Bonchev–Trinajstić information content (AvgIpc) is 2.94. The SMILES string of the molecule is CCCCC(CC)CNC(=NCC(=O)N(C)C)NCc1nc(C)c(C)s1. The van der Waals surface area contributed by atoms with Crippen molar-refractivity contribution >= 4 is 23.2 Å². The van der Waals surface area contributed by atoms with Gasteiger partial charge in [-0.25, -0.2) is 9.98 Å². The summed E-state index contributed by atoms with van der Waals surface area (Å²) < 4.78 is 0. The lowest BCUT2D eigenvalue weighted by molar-refractivity contribution is -0.127. The lowest BCUT2D eigenvalue weighted by Crippen LogP contribution is -2.40. The van der Waals surface area contributed by atoms with Gasteiger partial charge in [0.25, 0.3) is 0 Å². The standard InChI is InChI=1S/C19H35N5OS/c1-7-9-10-16(8-2)11-20-19(22-13-18(25)24(5)6)21-12-17-23-14(3)15(4)26-17/h16H,7-13H2,1-6H3,(H2,20,21,22). The molecule has 0 bridgehead atoms. The molecule has 26 heavy (non-hydrogen) atoms. The van der Waals surface area contributed by atoms with Crippen LogP contribution in [-0.4, -0.2) is 48.9 Å². The third-order valence-corrected chi connectivity index (χ3v) is 5.53. The number of unbranched alkanes of at least 4 members (excludes halogenated alkanes) is 1. The molecule has 0 aliphatic heterocycles. The molecule has 1 aromatic rings. The minimum Gasteiger partial charge on any atom is -0.356 e. The van der Waals surface area contributed by atoms with Gasteiger partial charge in [-0.05, 0) is 26.2 Å². The van der Waals surface area contributed by atoms with E-state index in [2.05, 4.69) is 41.4 Å². The molecule has 7 heteroatoms. The quantitative estimate of drug-likeness (QED) is 0.483. The molecule has 148 valence electrons. The lowest BCUT2D eigenvalue weighted by Gasteiger charge is -2.18. The fourth-order valence-corrected chi connectivity index (χ4v) is 3.29. The Bertz CT molecular complexity index is 563. The first-order chi connectivity index (χ1) is 12.4. The molecule has 0 radical (unpaired) electrons. The van der Waals surface area contributed by atoms with Crippen molar-refractivity contribution in [1.29, 1.82) is 0 Å². The molecule has 1 atom stereocenters. The van der Waals surface area contributed by atoms with Gasteiger partial charge in [-0.2, -0.15) is 0 Å². The van der Waals surface area contributed by atoms with Crippen molar-refractivity contribution in [3.63, 3.8) is 0 Å². The van der Waals surface area contributed by atoms with Gasteiger partial charge in [-0.3, -0.25) is 4.79 Å². The molecule has 0 spiro atoms. The lowest BCUT2D eigenvalue weighted by atomic mass is 9.99. The molecule has 1 aromatic heterocycles. The number of aliphatic imine (C=N–C) groups is 1. The Kier molecular flexibility index (Phi) is 10.2. The highest BCUT2D eigenvalue weighted by Gasteiger charge is 2.10. The molecule has 1 rings (SSSR count). The highest BCUT2D eigenvalue weighted by molar-refractivity contribution is 7.11. The van der Waals surface area contributed by atoms with Crippen LogP contribution in [0.5, 0.6) is 0 Å². The number of aryl methyl sites for hydroxylation is 2. The Morgan fingerprint density at radius 3 is 2.54 bits per heavy atom. The highest BCUT2D eigenvalue weighted by atomic mass is 32.1. The Morgan fingerprint density at radius 1 is 1.27 bits per heavy atom. The van der Waals surface area contributed by atoms with Gasteiger partial charge >= 0.3 is 0 Å². The summed E-state index contributed by atoms with van der Waals surface area (Å²) in [5.41, 5.74) is 1.08. The molecule has 1 unspecified atom stereocenters. The summed E-state index contributed by atoms with van der Waals surface area (Å²) in [5, 5.41) is 7.77. The normalized spacial score (nSPS) is 12.8. The fourth-order valence-electron chi connectivity index (χ4n) is 2.42. The van der Waals surface area contributed by atoms with Crippen LogP contribution in [0.3, 0.4) is 0 Å². The van der Waals surface area contributed by atoms with E-state index in [1.54, 1.807) is 30.3 Å². The minimum absolute atomic E-state index is 0.00920. The number of nitrogens with zero attached hydrogens (tertiary/aromatic N) is 3. The van der Waals surface area contributed by atoms with Gasteiger partial charge < -0.3 is 15.5 Å². The zero-order valence-corrected chi connectivity index (χ0v) is 18.0. The van der Waals surface area contributed by atoms with Crippen molar-refractivity contribution in [1.82, 2.24) is 20.5 Å². The Morgan fingerprint density at radius 2 is 2.00 bits per heavy atom. The van der Waals surface area contributed by atoms with Crippen LogP contribution in [0.2, 0.25) is 0 Å². The predicted molar refractivity (Wildman–Crippen MR) is 111 cm³/mol. The third-order valence-electron chi connectivity index (χ3n) is 4.45. The fraction of sp³-hybridized carbons (Fsp3) is 0.737. The Hall–Kier alpha value is -1.63. The van der Waals surface area contributed by atoms with E-state index >= 15 is 0 Å². The molecular formula is C19H35N5OS. The second kappa shape index (κ2) is 11.9. The van der Waals surface area contributed by atoms with E-state index in [-0.39, 0.29) is 12.5 Å². The number of likely N-dealkylation sites (N-methyl/N-ethyl adjacent to an activating group) is 1. The van der Waals surface area contributed by atoms with Crippen LogP contribution >= 0.6 is 11.3 Å². The molecule has 0 aliphatic carbocycles. The number of rotatable bonds is 10. The van der Waals surface area contributed by atoms with Crippen LogP contribution in [-0.2, 0) is 11.3 Å². The van der Waals surface area contributed by atoms with Crippen molar-refractivity contribution in [2.75, 3.05) is 27.2 Å². The van der Waals surface area contributed by atoms with Crippen LogP contribution in [0.1, 0.15) is 55.1 Å². The molecule has 2 N–H and O–H groups in total. The topological polar surface area (TPSA) is 69.6 Å². The van der Waals surface area contributed by atoms with Gasteiger partial charge in [-0.1, -0.05) is 33.1 Å². The second-order valence-corrected chi connectivity index (χ2v) is 8.14. The maximum absolute atomic E-state index is 11.9. The number of amides is 1. The highest BCUT2D eigenvalue weighted by Crippen LogP contribution is 2.16. The van der Waals surface area contributed by atoms with Crippen LogP contribution in [0.15, 0.2) is 4.99 Å². The predicted octanol–water partition coefficient (Wildman–Crippen LogP) is 3.10. The smallest absolute Gasteiger partial charge is 0.243 e.